The molecule has 0 saturated carbocycles. The van der Waals surface area contributed by atoms with Crippen molar-refractivity contribution in [1.29, 1.82) is 0 Å². The normalized spacial score (nSPS) is 10.0. The molecule has 2 aromatic rings. The minimum atomic E-state index is -1.23. The van der Waals surface area contributed by atoms with E-state index < -0.39 is 17.7 Å². The molecule has 7 heteroatoms. The van der Waals surface area contributed by atoms with E-state index in [1.54, 1.807) is 0 Å². The number of rotatable bonds is 4. The van der Waals surface area contributed by atoms with Crippen molar-refractivity contribution in [3.63, 3.8) is 0 Å². The molecule has 0 aliphatic heterocycles. The van der Waals surface area contributed by atoms with E-state index in [0.717, 1.165) is 6.07 Å². The molecule has 1 aromatic heterocycles. The number of amides is 1. The molecule has 0 atom stereocenters. The second kappa shape index (κ2) is 6.00. The quantitative estimate of drug-likeness (QED) is 0.901. The summed E-state index contributed by atoms with van der Waals surface area (Å²) in [5.74, 6) is -2.40. The lowest BCUT2D eigenvalue weighted by Gasteiger charge is -2.07. The van der Waals surface area contributed by atoms with Gasteiger partial charge in [0.15, 0.2) is 11.6 Å². The first-order chi connectivity index (χ1) is 10.0. The van der Waals surface area contributed by atoms with Crippen molar-refractivity contribution in [2.45, 2.75) is 0 Å². The summed E-state index contributed by atoms with van der Waals surface area (Å²) in [5, 5.41) is 11.3. The lowest BCUT2D eigenvalue weighted by atomic mass is 10.2. The first kappa shape index (κ1) is 14.4. The van der Waals surface area contributed by atoms with Crippen LogP contribution in [0.25, 0.3) is 0 Å². The fraction of sp³-hybridized carbons (Fsp3) is 0.0714. The zero-order valence-electron chi connectivity index (χ0n) is 11.0. The van der Waals surface area contributed by atoms with Crippen LogP contribution in [0.15, 0.2) is 36.4 Å². The van der Waals surface area contributed by atoms with Gasteiger partial charge >= 0.3 is 5.97 Å². The number of hydrogen-bond donors (Lipinski definition) is 2. The molecule has 0 spiro atoms. The van der Waals surface area contributed by atoms with Gasteiger partial charge in [-0.1, -0.05) is 6.07 Å². The third-order valence-electron chi connectivity index (χ3n) is 2.61. The van der Waals surface area contributed by atoms with Crippen molar-refractivity contribution in [1.82, 2.24) is 4.98 Å². The molecule has 0 aliphatic rings. The van der Waals surface area contributed by atoms with Gasteiger partial charge in [-0.15, -0.1) is 0 Å². The summed E-state index contributed by atoms with van der Waals surface area (Å²) in [6.07, 6.45) is 0. The van der Waals surface area contributed by atoms with Crippen LogP contribution in [-0.4, -0.2) is 29.1 Å². The third kappa shape index (κ3) is 3.33. The molecule has 6 nitrogen and oxygen atoms in total. The number of nitrogens with zero attached hydrogens (tertiary/aromatic N) is 1. The van der Waals surface area contributed by atoms with Crippen molar-refractivity contribution >= 4 is 17.6 Å². The second-order valence-corrected chi connectivity index (χ2v) is 4.02. The number of carboxylic acids is 1. The molecular weight excluding hydrogens is 279 g/mol. The van der Waals surface area contributed by atoms with E-state index in [0.29, 0.717) is 5.69 Å². The summed E-state index contributed by atoms with van der Waals surface area (Å²) < 4.78 is 18.1. The van der Waals surface area contributed by atoms with E-state index in [4.69, 9.17) is 9.84 Å². The number of ether oxygens (including phenoxy) is 1. The van der Waals surface area contributed by atoms with Crippen LogP contribution in [0.2, 0.25) is 0 Å². The Hall–Kier alpha value is -2.96. The van der Waals surface area contributed by atoms with Gasteiger partial charge in [0.2, 0.25) is 0 Å². The van der Waals surface area contributed by atoms with Gasteiger partial charge in [-0.2, -0.15) is 0 Å². The van der Waals surface area contributed by atoms with Gasteiger partial charge in [0.05, 0.1) is 7.11 Å². The summed E-state index contributed by atoms with van der Waals surface area (Å²) in [6.45, 7) is 0. The molecule has 21 heavy (non-hydrogen) atoms. The predicted molar refractivity (Wildman–Crippen MR) is 72.1 cm³/mol. The Labute approximate surface area is 119 Å². The van der Waals surface area contributed by atoms with Crippen LogP contribution in [0.5, 0.6) is 5.75 Å². The van der Waals surface area contributed by atoms with Crippen LogP contribution in [0.3, 0.4) is 0 Å². The van der Waals surface area contributed by atoms with Gasteiger partial charge in [-0.05, 0) is 24.3 Å². The SMILES string of the molecule is COc1cc(NC(=O)c2cccc(C(=O)O)n2)ccc1F. The van der Waals surface area contributed by atoms with E-state index in [-0.39, 0.29) is 17.1 Å². The Balaban J connectivity index is 2.22. The van der Waals surface area contributed by atoms with Gasteiger partial charge < -0.3 is 15.2 Å². The average Bonchev–Trinajstić information content (AvgIpc) is 2.49. The lowest BCUT2D eigenvalue weighted by molar-refractivity contribution is 0.0690. The zero-order valence-corrected chi connectivity index (χ0v) is 11.0. The minimum absolute atomic E-state index is 0.0138. The molecule has 0 saturated heterocycles. The molecule has 0 aliphatic carbocycles. The van der Waals surface area contributed by atoms with E-state index in [9.17, 15) is 14.0 Å². The van der Waals surface area contributed by atoms with Gasteiger partial charge in [0.1, 0.15) is 11.4 Å². The number of carboxylic acid groups (broad SMARTS) is 1. The van der Waals surface area contributed by atoms with Gasteiger partial charge in [0.25, 0.3) is 5.91 Å². The van der Waals surface area contributed by atoms with Crippen LogP contribution in [0.4, 0.5) is 10.1 Å². The number of aromatic nitrogens is 1. The number of carbonyl (C=O) groups excluding carboxylic acids is 1. The number of hydrogen-bond acceptors (Lipinski definition) is 4. The molecule has 0 fully saturated rings. The van der Waals surface area contributed by atoms with E-state index in [1.807, 2.05) is 0 Å². The van der Waals surface area contributed by atoms with Crippen molar-refractivity contribution in [2.24, 2.45) is 0 Å². The molecular formula is C14H11FN2O4. The number of pyridine rings is 1. The van der Waals surface area contributed by atoms with Crippen LogP contribution in [0, 0.1) is 5.82 Å². The van der Waals surface area contributed by atoms with Gasteiger partial charge in [-0.3, -0.25) is 4.79 Å². The number of anilines is 1. The molecule has 1 amide bonds. The summed E-state index contributed by atoms with van der Waals surface area (Å²) in [6, 6.07) is 7.89. The van der Waals surface area contributed by atoms with Gasteiger partial charge in [-0.25, -0.2) is 14.2 Å². The molecule has 1 heterocycles. The lowest BCUT2D eigenvalue weighted by Crippen LogP contribution is -2.15. The highest BCUT2D eigenvalue weighted by molar-refractivity contribution is 6.03. The maximum atomic E-state index is 13.3. The maximum absolute atomic E-state index is 13.3. The topological polar surface area (TPSA) is 88.5 Å². The standard InChI is InChI=1S/C14H11FN2O4/c1-21-12-7-8(5-6-9(12)15)16-13(18)10-3-2-4-11(17-10)14(19)20/h2-7H,1H3,(H,16,18)(H,19,20). The molecule has 0 unspecified atom stereocenters. The molecule has 0 radical (unpaired) electrons. The number of nitrogens with one attached hydrogen (secondary N) is 1. The Kier molecular flexibility index (Phi) is 4.13. The predicted octanol–water partition coefficient (Wildman–Crippen LogP) is 2.18. The Morgan fingerprint density at radius 1 is 1.24 bits per heavy atom. The molecule has 2 rings (SSSR count). The summed E-state index contributed by atoms with van der Waals surface area (Å²) in [4.78, 5) is 26.5. The highest BCUT2D eigenvalue weighted by Crippen LogP contribution is 2.21. The third-order valence-corrected chi connectivity index (χ3v) is 2.61. The molecule has 1 aromatic carbocycles. The van der Waals surface area contributed by atoms with Crippen molar-refractivity contribution in [3.8, 4) is 5.75 Å². The second-order valence-electron chi connectivity index (χ2n) is 4.02. The van der Waals surface area contributed by atoms with Crippen LogP contribution in [0.1, 0.15) is 21.0 Å². The summed E-state index contributed by atoms with van der Waals surface area (Å²) >= 11 is 0. The molecule has 2 N–H and O–H groups in total. The Bertz CT molecular complexity index is 703. The Morgan fingerprint density at radius 2 is 1.95 bits per heavy atom. The number of methoxy groups -OCH3 is 1. The van der Waals surface area contributed by atoms with Crippen molar-refractivity contribution in [2.75, 3.05) is 12.4 Å². The minimum Gasteiger partial charge on any atom is -0.494 e. The fourth-order valence-electron chi connectivity index (χ4n) is 1.61. The summed E-state index contributed by atoms with van der Waals surface area (Å²) in [7, 11) is 1.31. The smallest absolute Gasteiger partial charge is 0.354 e. The van der Waals surface area contributed by atoms with Crippen molar-refractivity contribution in [3.05, 3.63) is 53.6 Å². The molecule has 108 valence electrons. The van der Waals surface area contributed by atoms with Gasteiger partial charge in [0, 0.05) is 11.8 Å². The average molecular weight is 290 g/mol. The highest BCUT2D eigenvalue weighted by Gasteiger charge is 2.12. The number of aromatic carboxylic acids is 1. The zero-order chi connectivity index (χ0) is 15.4. The highest BCUT2D eigenvalue weighted by atomic mass is 19.1. The first-order valence-electron chi connectivity index (χ1n) is 5.86. The van der Waals surface area contributed by atoms with E-state index >= 15 is 0 Å². The molecule has 0 bridgehead atoms. The largest absolute Gasteiger partial charge is 0.494 e. The Morgan fingerprint density at radius 3 is 2.62 bits per heavy atom. The van der Waals surface area contributed by atoms with E-state index in [2.05, 4.69) is 10.3 Å². The van der Waals surface area contributed by atoms with Crippen LogP contribution in [-0.2, 0) is 0 Å². The monoisotopic (exact) mass is 290 g/mol. The fourth-order valence-corrected chi connectivity index (χ4v) is 1.61. The number of halogens is 1. The first-order valence-corrected chi connectivity index (χ1v) is 5.86. The number of benzene rings is 1. The van der Waals surface area contributed by atoms with Crippen LogP contribution < -0.4 is 10.1 Å². The van der Waals surface area contributed by atoms with Crippen molar-refractivity contribution < 1.29 is 23.8 Å². The van der Waals surface area contributed by atoms with Crippen LogP contribution >= 0.6 is 0 Å². The number of carbonyl (C=O) groups is 2. The van der Waals surface area contributed by atoms with E-state index in [1.165, 1.54) is 37.4 Å². The summed E-state index contributed by atoms with van der Waals surface area (Å²) in [5.41, 5.74) is 0.0123. The maximum Gasteiger partial charge on any atom is 0.354 e.